The number of hydrogen-bond acceptors (Lipinski definition) is 4. The first-order valence-corrected chi connectivity index (χ1v) is 7.77. The summed E-state index contributed by atoms with van der Waals surface area (Å²) < 4.78 is 4.77. The topological polar surface area (TPSA) is 41.6 Å². The fourth-order valence-corrected chi connectivity index (χ4v) is 2.96. The quantitative estimate of drug-likeness (QED) is 0.868. The van der Waals surface area contributed by atoms with Crippen molar-refractivity contribution in [3.63, 3.8) is 0 Å². The van der Waals surface area contributed by atoms with Crippen LogP contribution in [-0.2, 0) is 11.3 Å². The van der Waals surface area contributed by atoms with Crippen molar-refractivity contribution in [2.24, 2.45) is 0 Å². The Labute approximate surface area is 131 Å². The second-order valence-electron chi connectivity index (χ2n) is 5.55. The van der Waals surface area contributed by atoms with Crippen molar-refractivity contribution in [1.29, 1.82) is 0 Å². The Morgan fingerprint density at radius 2 is 2.24 bits per heavy atom. The molecular formula is C16H23ClN2O2. The highest BCUT2D eigenvalue weighted by molar-refractivity contribution is 6.31. The zero-order chi connectivity index (χ0) is 15.2. The Bertz CT molecular complexity index is 485. The van der Waals surface area contributed by atoms with Crippen LogP contribution in [0.1, 0.15) is 35.2 Å². The molecule has 0 amide bonds. The third kappa shape index (κ3) is 4.43. The van der Waals surface area contributed by atoms with Crippen molar-refractivity contribution in [3.8, 4) is 0 Å². The lowest BCUT2D eigenvalue weighted by Gasteiger charge is -2.27. The van der Waals surface area contributed by atoms with Gasteiger partial charge in [-0.15, -0.1) is 0 Å². The minimum atomic E-state index is -0.325. The summed E-state index contributed by atoms with van der Waals surface area (Å²) in [7, 11) is 3.51. The molecule has 1 N–H and O–H groups in total. The van der Waals surface area contributed by atoms with Gasteiger partial charge < -0.3 is 10.1 Å². The van der Waals surface area contributed by atoms with E-state index in [0.717, 1.165) is 31.6 Å². The molecule has 0 aromatic heterocycles. The van der Waals surface area contributed by atoms with Gasteiger partial charge in [0.1, 0.15) is 0 Å². The van der Waals surface area contributed by atoms with Crippen LogP contribution in [0.3, 0.4) is 0 Å². The molecule has 1 fully saturated rings. The normalized spacial score (nSPS) is 19.3. The zero-order valence-corrected chi connectivity index (χ0v) is 13.4. The van der Waals surface area contributed by atoms with Crippen LogP contribution in [0.25, 0.3) is 0 Å². The first kappa shape index (κ1) is 16.3. The first-order chi connectivity index (χ1) is 10.1. The minimum Gasteiger partial charge on any atom is -0.465 e. The Balaban J connectivity index is 2.08. The van der Waals surface area contributed by atoms with Crippen LogP contribution >= 0.6 is 11.6 Å². The van der Waals surface area contributed by atoms with Gasteiger partial charge >= 0.3 is 5.97 Å². The second-order valence-corrected chi connectivity index (χ2v) is 5.95. The van der Waals surface area contributed by atoms with Crippen LogP contribution in [0.5, 0.6) is 0 Å². The van der Waals surface area contributed by atoms with Crippen molar-refractivity contribution < 1.29 is 9.53 Å². The number of ether oxygens (including phenoxy) is 1. The van der Waals surface area contributed by atoms with Crippen molar-refractivity contribution in [2.45, 2.75) is 31.8 Å². The van der Waals surface area contributed by atoms with E-state index >= 15 is 0 Å². The minimum absolute atomic E-state index is 0.325. The van der Waals surface area contributed by atoms with Gasteiger partial charge in [-0.25, -0.2) is 4.79 Å². The summed E-state index contributed by atoms with van der Waals surface area (Å²) in [6.45, 7) is 2.90. The largest absolute Gasteiger partial charge is 0.465 e. The molecule has 1 aromatic rings. The number of hydrogen-bond donors (Lipinski definition) is 1. The molecule has 1 aliphatic heterocycles. The summed E-state index contributed by atoms with van der Waals surface area (Å²) in [4.78, 5) is 14.0. The van der Waals surface area contributed by atoms with E-state index in [4.69, 9.17) is 16.3 Å². The average molecular weight is 311 g/mol. The van der Waals surface area contributed by atoms with Crippen molar-refractivity contribution in [2.75, 3.05) is 27.2 Å². The second kappa shape index (κ2) is 7.78. The van der Waals surface area contributed by atoms with Gasteiger partial charge in [0.25, 0.3) is 0 Å². The standard InChI is InChI=1S/C16H23ClN2O2/c1-19(14-4-3-8-18-9-7-14)11-13-10-12(16(20)21-2)5-6-15(13)17/h5-6,10,14,18H,3-4,7-9,11H2,1-2H3. The highest BCUT2D eigenvalue weighted by Gasteiger charge is 2.18. The number of benzene rings is 1. The van der Waals surface area contributed by atoms with E-state index in [1.165, 1.54) is 20.0 Å². The summed E-state index contributed by atoms with van der Waals surface area (Å²) in [5.74, 6) is -0.325. The molecule has 1 unspecified atom stereocenters. The molecule has 0 bridgehead atoms. The number of nitrogens with one attached hydrogen (secondary N) is 1. The van der Waals surface area contributed by atoms with Crippen molar-refractivity contribution in [1.82, 2.24) is 10.2 Å². The number of esters is 1. The van der Waals surface area contributed by atoms with Crippen LogP contribution in [0, 0.1) is 0 Å². The third-order valence-corrected chi connectivity index (χ3v) is 4.42. The van der Waals surface area contributed by atoms with Crippen LogP contribution in [0.15, 0.2) is 18.2 Å². The van der Waals surface area contributed by atoms with Gasteiger partial charge in [-0.1, -0.05) is 11.6 Å². The summed E-state index contributed by atoms with van der Waals surface area (Å²) >= 11 is 6.27. The summed E-state index contributed by atoms with van der Waals surface area (Å²) in [5.41, 5.74) is 1.52. The number of rotatable bonds is 4. The summed E-state index contributed by atoms with van der Waals surface area (Å²) in [5, 5.41) is 4.12. The third-order valence-electron chi connectivity index (χ3n) is 4.06. The molecule has 0 aliphatic carbocycles. The van der Waals surface area contributed by atoms with E-state index in [0.29, 0.717) is 16.6 Å². The number of carbonyl (C=O) groups is 1. The summed E-state index contributed by atoms with van der Waals surface area (Å²) in [6, 6.07) is 5.86. The monoisotopic (exact) mass is 310 g/mol. The highest BCUT2D eigenvalue weighted by atomic mass is 35.5. The van der Waals surface area contributed by atoms with E-state index in [2.05, 4.69) is 17.3 Å². The zero-order valence-electron chi connectivity index (χ0n) is 12.7. The lowest BCUT2D eigenvalue weighted by Crippen LogP contribution is -2.32. The predicted octanol–water partition coefficient (Wildman–Crippen LogP) is 2.70. The molecule has 1 atom stereocenters. The van der Waals surface area contributed by atoms with E-state index in [9.17, 15) is 4.79 Å². The van der Waals surface area contributed by atoms with E-state index in [1.807, 2.05) is 6.07 Å². The molecule has 0 saturated carbocycles. The van der Waals surface area contributed by atoms with E-state index < -0.39 is 0 Å². The number of methoxy groups -OCH3 is 1. The van der Waals surface area contributed by atoms with Crippen LogP contribution in [0.2, 0.25) is 5.02 Å². The lowest BCUT2D eigenvalue weighted by atomic mass is 10.1. The van der Waals surface area contributed by atoms with E-state index in [1.54, 1.807) is 12.1 Å². The number of carbonyl (C=O) groups excluding carboxylic acids is 1. The van der Waals surface area contributed by atoms with Gasteiger partial charge in [-0.3, -0.25) is 4.90 Å². The Morgan fingerprint density at radius 1 is 1.43 bits per heavy atom. The molecule has 4 nitrogen and oxygen atoms in total. The number of nitrogens with zero attached hydrogens (tertiary/aromatic N) is 1. The van der Waals surface area contributed by atoms with Crippen LogP contribution in [-0.4, -0.2) is 44.2 Å². The first-order valence-electron chi connectivity index (χ1n) is 7.39. The molecule has 5 heteroatoms. The average Bonchev–Trinajstić information content (AvgIpc) is 2.77. The smallest absolute Gasteiger partial charge is 0.337 e. The molecule has 1 aliphatic rings. The molecular weight excluding hydrogens is 288 g/mol. The molecule has 2 rings (SSSR count). The van der Waals surface area contributed by atoms with Gasteiger partial charge in [0.15, 0.2) is 0 Å². The van der Waals surface area contributed by atoms with Gasteiger partial charge in [0, 0.05) is 17.6 Å². The maximum Gasteiger partial charge on any atom is 0.337 e. The van der Waals surface area contributed by atoms with Gasteiger partial charge in [-0.2, -0.15) is 0 Å². The molecule has 1 heterocycles. The van der Waals surface area contributed by atoms with Crippen molar-refractivity contribution in [3.05, 3.63) is 34.3 Å². The Hall–Kier alpha value is -1.10. The lowest BCUT2D eigenvalue weighted by molar-refractivity contribution is 0.0600. The van der Waals surface area contributed by atoms with E-state index in [-0.39, 0.29) is 5.97 Å². The molecule has 21 heavy (non-hydrogen) atoms. The molecule has 1 saturated heterocycles. The fraction of sp³-hybridized carbons (Fsp3) is 0.562. The number of halogens is 1. The van der Waals surface area contributed by atoms with Gasteiger partial charge in [0.05, 0.1) is 12.7 Å². The molecule has 0 radical (unpaired) electrons. The highest BCUT2D eigenvalue weighted by Crippen LogP contribution is 2.22. The summed E-state index contributed by atoms with van der Waals surface area (Å²) in [6.07, 6.45) is 3.54. The van der Waals surface area contributed by atoms with Gasteiger partial charge in [0.2, 0.25) is 0 Å². The molecule has 0 spiro atoms. The van der Waals surface area contributed by atoms with Crippen molar-refractivity contribution >= 4 is 17.6 Å². The van der Waals surface area contributed by atoms with Gasteiger partial charge in [-0.05, 0) is 63.2 Å². The fourth-order valence-electron chi connectivity index (χ4n) is 2.78. The van der Waals surface area contributed by atoms with Crippen LogP contribution in [0.4, 0.5) is 0 Å². The molecule has 1 aromatic carbocycles. The van der Waals surface area contributed by atoms with Crippen LogP contribution < -0.4 is 5.32 Å². The predicted molar refractivity (Wildman–Crippen MR) is 84.8 cm³/mol. The Kier molecular flexibility index (Phi) is 6.03. The Morgan fingerprint density at radius 3 is 3.00 bits per heavy atom. The SMILES string of the molecule is COC(=O)c1ccc(Cl)c(CN(C)C2CCCNCC2)c1. The maximum absolute atomic E-state index is 11.6. The maximum atomic E-state index is 11.6. The molecule has 116 valence electrons.